The van der Waals surface area contributed by atoms with Gasteiger partial charge in [0.2, 0.25) is 0 Å². The Morgan fingerprint density at radius 2 is 1.93 bits per heavy atom. The molecule has 0 heterocycles. The van der Waals surface area contributed by atoms with Crippen molar-refractivity contribution in [1.82, 2.24) is 4.90 Å². The zero-order chi connectivity index (χ0) is 10.7. The van der Waals surface area contributed by atoms with E-state index in [1.54, 1.807) is 0 Å². The van der Waals surface area contributed by atoms with E-state index >= 15 is 0 Å². The SMILES string of the molecule is CN(CC1C=CC(N)C1)C1CCCCC1. The monoisotopic (exact) mass is 208 g/mol. The average Bonchev–Trinajstić information content (AvgIpc) is 2.65. The fraction of sp³-hybridized carbons (Fsp3) is 0.846. The lowest BCUT2D eigenvalue weighted by Gasteiger charge is -2.32. The highest BCUT2D eigenvalue weighted by molar-refractivity contribution is 5.05. The first kappa shape index (κ1) is 11.2. The highest BCUT2D eigenvalue weighted by atomic mass is 15.1. The first-order valence-electron chi connectivity index (χ1n) is 6.40. The number of hydrogen-bond acceptors (Lipinski definition) is 2. The Morgan fingerprint density at radius 3 is 2.53 bits per heavy atom. The summed E-state index contributed by atoms with van der Waals surface area (Å²) in [5.74, 6) is 0.701. The topological polar surface area (TPSA) is 29.3 Å². The zero-order valence-electron chi connectivity index (χ0n) is 9.86. The molecule has 1 fully saturated rings. The third-order valence-electron chi connectivity index (χ3n) is 3.93. The lowest BCUT2D eigenvalue weighted by atomic mass is 9.93. The van der Waals surface area contributed by atoms with Crippen LogP contribution in [-0.2, 0) is 0 Å². The van der Waals surface area contributed by atoms with Crippen molar-refractivity contribution in [3.05, 3.63) is 12.2 Å². The van der Waals surface area contributed by atoms with E-state index in [0.29, 0.717) is 12.0 Å². The molecule has 15 heavy (non-hydrogen) atoms. The number of nitrogens with two attached hydrogens (primary N) is 1. The third kappa shape index (κ3) is 3.05. The smallest absolute Gasteiger partial charge is 0.0229 e. The van der Waals surface area contributed by atoms with E-state index in [4.69, 9.17) is 5.73 Å². The van der Waals surface area contributed by atoms with Crippen molar-refractivity contribution < 1.29 is 0 Å². The minimum atomic E-state index is 0.315. The fourth-order valence-corrected chi connectivity index (χ4v) is 2.98. The molecule has 2 atom stereocenters. The van der Waals surface area contributed by atoms with E-state index in [1.165, 1.54) is 38.6 Å². The summed E-state index contributed by atoms with van der Waals surface area (Å²) >= 11 is 0. The largest absolute Gasteiger partial charge is 0.324 e. The maximum absolute atomic E-state index is 5.87. The summed E-state index contributed by atoms with van der Waals surface area (Å²) in [7, 11) is 2.29. The molecule has 0 saturated heterocycles. The summed E-state index contributed by atoms with van der Waals surface area (Å²) in [6.07, 6.45) is 12.7. The Bertz CT molecular complexity index is 219. The lowest BCUT2D eigenvalue weighted by molar-refractivity contribution is 0.175. The minimum absolute atomic E-state index is 0.315. The van der Waals surface area contributed by atoms with Gasteiger partial charge in [-0.25, -0.2) is 0 Å². The Balaban J connectivity index is 1.76. The highest BCUT2D eigenvalue weighted by Gasteiger charge is 2.22. The van der Waals surface area contributed by atoms with Crippen LogP contribution in [0.4, 0.5) is 0 Å². The van der Waals surface area contributed by atoms with Crippen LogP contribution >= 0.6 is 0 Å². The molecule has 2 rings (SSSR count). The van der Waals surface area contributed by atoms with Gasteiger partial charge in [-0.2, -0.15) is 0 Å². The number of nitrogens with zero attached hydrogens (tertiary/aromatic N) is 1. The molecule has 0 aromatic heterocycles. The third-order valence-corrected chi connectivity index (χ3v) is 3.93. The predicted octanol–water partition coefficient (Wildman–Crippen LogP) is 2.15. The molecule has 0 amide bonds. The second-order valence-corrected chi connectivity index (χ2v) is 5.28. The molecule has 2 N–H and O–H groups in total. The van der Waals surface area contributed by atoms with E-state index in [1.807, 2.05) is 0 Å². The van der Waals surface area contributed by atoms with Crippen molar-refractivity contribution in [1.29, 1.82) is 0 Å². The average molecular weight is 208 g/mol. The molecule has 2 unspecified atom stereocenters. The van der Waals surface area contributed by atoms with Gasteiger partial charge in [-0.3, -0.25) is 0 Å². The van der Waals surface area contributed by atoms with Crippen LogP contribution in [0.15, 0.2) is 12.2 Å². The predicted molar refractivity (Wildman–Crippen MR) is 64.7 cm³/mol. The van der Waals surface area contributed by atoms with Crippen molar-refractivity contribution in [2.75, 3.05) is 13.6 Å². The summed E-state index contributed by atoms with van der Waals surface area (Å²) in [5.41, 5.74) is 5.87. The van der Waals surface area contributed by atoms with E-state index < -0.39 is 0 Å². The molecular formula is C13H24N2. The van der Waals surface area contributed by atoms with Gasteiger partial charge in [0, 0.05) is 18.6 Å². The summed E-state index contributed by atoms with van der Waals surface area (Å²) in [6.45, 7) is 1.20. The normalized spacial score (nSPS) is 32.7. The molecule has 2 heteroatoms. The van der Waals surface area contributed by atoms with Crippen LogP contribution in [0, 0.1) is 5.92 Å². The minimum Gasteiger partial charge on any atom is -0.324 e. The quantitative estimate of drug-likeness (QED) is 0.720. The molecule has 0 aromatic carbocycles. The van der Waals surface area contributed by atoms with Gasteiger partial charge < -0.3 is 10.6 Å². The van der Waals surface area contributed by atoms with Gasteiger partial charge in [0.15, 0.2) is 0 Å². The number of hydrogen-bond donors (Lipinski definition) is 1. The Kier molecular flexibility index (Phi) is 3.81. The highest BCUT2D eigenvalue weighted by Crippen LogP contribution is 2.24. The standard InChI is InChI=1S/C13H24N2/c1-15(13-5-3-2-4-6-13)10-11-7-8-12(14)9-11/h7-8,11-13H,2-6,9-10,14H2,1H3. The lowest BCUT2D eigenvalue weighted by Crippen LogP contribution is -2.36. The van der Waals surface area contributed by atoms with Crippen LogP contribution in [0.5, 0.6) is 0 Å². The van der Waals surface area contributed by atoms with E-state index in [9.17, 15) is 0 Å². The maximum atomic E-state index is 5.87. The summed E-state index contributed by atoms with van der Waals surface area (Å²) in [4.78, 5) is 2.56. The first-order valence-corrected chi connectivity index (χ1v) is 6.40. The van der Waals surface area contributed by atoms with Crippen LogP contribution in [0.2, 0.25) is 0 Å². The van der Waals surface area contributed by atoms with Gasteiger partial charge in [0.1, 0.15) is 0 Å². The summed E-state index contributed by atoms with van der Waals surface area (Å²) in [6, 6.07) is 1.15. The number of rotatable bonds is 3. The fourth-order valence-electron chi connectivity index (χ4n) is 2.98. The van der Waals surface area contributed by atoms with Crippen molar-refractivity contribution >= 4 is 0 Å². The molecule has 2 aliphatic rings. The van der Waals surface area contributed by atoms with Gasteiger partial charge in [0.05, 0.1) is 0 Å². The van der Waals surface area contributed by atoms with Crippen LogP contribution in [0.1, 0.15) is 38.5 Å². The van der Waals surface area contributed by atoms with Crippen molar-refractivity contribution in [3.8, 4) is 0 Å². The molecule has 0 aromatic rings. The van der Waals surface area contributed by atoms with Crippen LogP contribution < -0.4 is 5.73 Å². The molecule has 1 saturated carbocycles. The van der Waals surface area contributed by atoms with Crippen molar-refractivity contribution in [3.63, 3.8) is 0 Å². The van der Waals surface area contributed by atoms with E-state index in [0.717, 1.165) is 12.5 Å². The second-order valence-electron chi connectivity index (χ2n) is 5.28. The van der Waals surface area contributed by atoms with Gasteiger partial charge in [-0.1, -0.05) is 31.4 Å². The van der Waals surface area contributed by atoms with Crippen molar-refractivity contribution in [2.24, 2.45) is 11.7 Å². The molecular weight excluding hydrogens is 184 g/mol. The van der Waals surface area contributed by atoms with Gasteiger partial charge in [-0.05, 0) is 32.2 Å². The molecule has 0 spiro atoms. The molecule has 2 nitrogen and oxygen atoms in total. The molecule has 0 radical (unpaired) electrons. The Morgan fingerprint density at radius 1 is 1.20 bits per heavy atom. The van der Waals surface area contributed by atoms with Gasteiger partial charge in [0.25, 0.3) is 0 Å². The Labute approximate surface area is 93.5 Å². The van der Waals surface area contributed by atoms with Crippen molar-refractivity contribution in [2.45, 2.75) is 50.6 Å². The molecule has 86 valence electrons. The second kappa shape index (κ2) is 5.13. The summed E-state index contributed by atoms with van der Waals surface area (Å²) < 4.78 is 0. The molecule has 0 aliphatic heterocycles. The van der Waals surface area contributed by atoms with E-state index in [2.05, 4.69) is 24.1 Å². The van der Waals surface area contributed by atoms with Crippen LogP contribution in [0.3, 0.4) is 0 Å². The first-order chi connectivity index (χ1) is 7.25. The van der Waals surface area contributed by atoms with E-state index in [-0.39, 0.29) is 0 Å². The summed E-state index contributed by atoms with van der Waals surface area (Å²) in [5, 5.41) is 0. The molecule has 2 aliphatic carbocycles. The van der Waals surface area contributed by atoms with Crippen LogP contribution in [0.25, 0.3) is 0 Å². The van der Waals surface area contributed by atoms with Gasteiger partial charge >= 0.3 is 0 Å². The molecule has 0 bridgehead atoms. The van der Waals surface area contributed by atoms with Gasteiger partial charge in [-0.15, -0.1) is 0 Å². The Hall–Kier alpha value is -0.340. The zero-order valence-corrected chi connectivity index (χ0v) is 9.86. The van der Waals surface area contributed by atoms with Crippen LogP contribution in [-0.4, -0.2) is 30.6 Å². The maximum Gasteiger partial charge on any atom is 0.0229 e.